The number of aromatic nitrogens is 2. The van der Waals surface area contributed by atoms with Gasteiger partial charge in [0.1, 0.15) is 0 Å². The molecule has 0 amide bonds. The number of nitrogens with zero attached hydrogens (tertiary/aromatic N) is 2. The second-order valence-electron chi connectivity index (χ2n) is 3.21. The Kier molecular flexibility index (Phi) is 3.83. The standard InChI is InChI=1S/C10H17N3O/c1-4-11-7-9-6-8(3)12-13(5-2)10(9)14/h6,11H,4-5,7H2,1-3H3. The summed E-state index contributed by atoms with van der Waals surface area (Å²) in [5, 5.41) is 7.28. The lowest BCUT2D eigenvalue weighted by atomic mass is 10.2. The molecule has 0 bridgehead atoms. The van der Waals surface area contributed by atoms with Gasteiger partial charge in [-0.3, -0.25) is 4.79 Å². The first-order valence-corrected chi connectivity index (χ1v) is 4.97. The molecule has 1 N–H and O–H groups in total. The quantitative estimate of drug-likeness (QED) is 0.768. The van der Waals surface area contributed by atoms with Gasteiger partial charge in [-0.1, -0.05) is 6.92 Å². The van der Waals surface area contributed by atoms with E-state index < -0.39 is 0 Å². The number of rotatable bonds is 4. The molecule has 1 aromatic rings. The zero-order chi connectivity index (χ0) is 10.6. The molecule has 0 aromatic carbocycles. The van der Waals surface area contributed by atoms with Crippen molar-refractivity contribution in [1.29, 1.82) is 0 Å². The van der Waals surface area contributed by atoms with Crippen LogP contribution in [-0.4, -0.2) is 16.3 Å². The molecular weight excluding hydrogens is 178 g/mol. The van der Waals surface area contributed by atoms with Crippen LogP contribution in [0.1, 0.15) is 25.1 Å². The molecule has 14 heavy (non-hydrogen) atoms. The van der Waals surface area contributed by atoms with Crippen LogP contribution in [0.3, 0.4) is 0 Å². The number of nitrogens with one attached hydrogen (secondary N) is 1. The lowest BCUT2D eigenvalue weighted by Crippen LogP contribution is -2.29. The maximum Gasteiger partial charge on any atom is 0.271 e. The molecule has 0 aliphatic rings. The minimum Gasteiger partial charge on any atom is -0.313 e. The molecule has 1 rings (SSSR count). The van der Waals surface area contributed by atoms with Gasteiger partial charge in [0.2, 0.25) is 0 Å². The summed E-state index contributed by atoms with van der Waals surface area (Å²) >= 11 is 0. The Labute approximate surface area is 84.0 Å². The van der Waals surface area contributed by atoms with Crippen molar-refractivity contribution in [2.24, 2.45) is 0 Å². The molecule has 1 heterocycles. The van der Waals surface area contributed by atoms with E-state index in [0.29, 0.717) is 13.1 Å². The van der Waals surface area contributed by atoms with Crippen molar-refractivity contribution in [3.63, 3.8) is 0 Å². The van der Waals surface area contributed by atoms with E-state index in [9.17, 15) is 4.79 Å². The first kappa shape index (κ1) is 10.9. The van der Waals surface area contributed by atoms with Gasteiger partial charge < -0.3 is 5.32 Å². The SMILES string of the molecule is CCNCc1cc(C)nn(CC)c1=O. The van der Waals surface area contributed by atoms with Gasteiger partial charge in [0, 0.05) is 18.7 Å². The summed E-state index contributed by atoms with van der Waals surface area (Å²) in [6.07, 6.45) is 0. The van der Waals surface area contributed by atoms with E-state index in [2.05, 4.69) is 10.4 Å². The van der Waals surface area contributed by atoms with Crippen LogP contribution in [0.4, 0.5) is 0 Å². The Hall–Kier alpha value is -1.16. The number of aryl methyl sites for hydroxylation is 2. The van der Waals surface area contributed by atoms with Gasteiger partial charge >= 0.3 is 0 Å². The molecule has 0 aliphatic heterocycles. The lowest BCUT2D eigenvalue weighted by molar-refractivity contribution is 0.588. The normalized spacial score (nSPS) is 10.5. The summed E-state index contributed by atoms with van der Waals surface area (Å²) in [6, 6.07) is 1.84. The van der Waals surface area contributed by atoms with Crippen LogP contribution >= 0.6 is 0 Å². The Morgan fingerprint density at radius 3 is 2.79 bits per heavy atom. The maximum atomic E-state index is 11.7. The zero-order valence-corrected chi connectivity index (χ0v) is 9.00. The van der Waals surface area contributed by atoms with Gasteiger partial charge in [0.15, 0.2) is 0 Å². The molecule has 0 saturated heterocycles. The Morgan fingerprint density at radius 2 is 2.21 bits per heavy atom. The van der Waals surface area contributed by atoms with Crippen LogP contribution in [0.25, 0.3) is 0 Å². The van der Waals surface area contributed by atoms with Gasteiger partial charge in [-0.25, -0.2) is 4.68 Å². The fraction of sp³-hybridized carbons (Fsp3) is 0.600. The molecule has 78 valence electrons. The number of hydrogen-bond acceptors (Lipinski definition) is 3. The van der Waals surface area contributed by atoms with E-state index in [1.54, 1.807) is 0 Å². The molecule has 4 nitrogen and oxygen atoms in total. The Morgan fingerprint density at radius 1 is 1.50 bits per heavy atom. The van der Waals surface area contributed by atoms with Gasteiger partial charge in [-0.15, -0.1) is 0 Å². The highest BCUT2D eigenvalue weighted by Gasteiger charge is 2.03. The van der Waals surface area contributed by atoms with E-state index >= 15 is 0 Å². The maximum absolute atomic E-state index is 11.7. The third-order valence-electron chi connectivity index (χ3n) is 2.04. The lowest BCUT2D eigenvalue weighted by Gasteiger charge is -2.06. The molecule has 0 atom stereocenters. The van der Waals surface area contributed by atoms with Gasteiger partial charge in [0.25, 0.3) is 5.56 Å². The molecule has 1 aromatic heterocycles. The van der Waals surface area contributed by atoms with Crippen molar-refractivity contribution >= 4 is 0 Å². The second-order valence-corrected chi connectivity index (χ2v) is 3.21. The van der Waals surface area contributed by atoms with Crippen LogP contribution in [0.2, 0.25) is 0 Å². The van der Waals surface area contributed by atoms with Crippen molar-refractivity contribution in [2.45, 2.75) is 33.9 Å². The molecule has 0 aliphatic carbocycles. The second kappa shape index (κ2) is 4.91. The van der Waals surface area contributed by atoms with Crippen LogP contribution in [0.15, 0.2) is 10.9 Å². The Balaban J connectivity index is 3.03. The highest BCUT2D eigenvalue weighted by molar-refractivity contribution is 5.12. The van der Waals surface area contributed by atoms with Gasteiger partial charge in [0.05, 0.1) is 5.69 Å². The van der Waals surface area contributed by atoms with E-state index in [1.165, 1.54) is 4.68 Å². The van der Waals surface area contributed by atoms with Crippen molar-refractivity contribution in [1.82, 2.24) is 15.1 Å². The molecule has 0 spiro atoms. The fourth-order valence-corrected chi connectivity index (χ4v) is 1.34. The summed E-state index contributed by atoms with van der Waals surface area (Å²) in [6.45, 7) is 7.96. The molecule has 0 radical (unpaired) electrons. The summed E-state index contributed by atoms with van der Waals surface area (Å²) in [5.74, 6) is 0. The molecule has 4 heteroatoms. The fourth-order valence-electron chi connectivity index (χ4n) is 1.34. The van der Waals surface area contributed by atoms with Crippen molar-refractivity contribution in [3.8, 4) is 0 Å². The third kappa shape index (κ3) is 2.42. The molecule has 0 saturated carbocycles. The first-order valence-electron chi connectivity index (χ1n) is 4.97. The van der Waals surface area contributed by atoms with Crippen LogP contribution < -0.4 is 10.9 Å². The third-order valence-corrected chi connectivity index (χ3v) is 2.04. The highest BCUT2D eigenvalue weighted by Crippen LogP contribution is 1.94. The van der Waals surface area contributed by atoms with E-state index in [4.69, 9.17) is 0 Å². The summed E-state index contributed by atoms with van der Waals surface area (Å²) in [4.78, 5) is 11.7. The van der Waals surface area contributed by atoms with E-state index in [-0.39, 0.29) is 5.56 Å². The average Bonchev–Trinajstić information content (AvgIpc) is 2.18. The summed E-state index contributed by atoms with van der Waals surface area (Å²) < 4.78 is 1.50. The van der Waals surface area contributed by atoms with E-state index in [0.717, 1.165) is 17.8 Å². The van der Waals surface area contributed by atoms with Crippen molar-refractivity contribution in [2.75, 3.05) is 6.54 Å². The zero-order valence-electron chi connectivity index (χ0n) is 9.00. The summed E-state index contributed by atoms with van der Waals surface area (Å²) in [5.41, 5.74) is 1.69. The minimum absolute atomic E-state index is 0.0130. The average molecular weight is 195 g/mol. The van der Waals surface area contributed by atoms with Crippen molar-refractivity contribution in [3.05, 3.63) is 27.7 Å². The number of hydrogen-bond donors (Lipinski definition) is 1. The van der Waals surface area contributed by atoms with Crippen LogP contribution in [0, 0.1) is 6.92 Å². The van der Waals surface area contributed by atoms with Crippen molar-refractivity contribution < 1.29 is 0 Å². The van der Waals surface area contributed by atoms with E-state index in [1.807, 2.05) is 26.8 Å². The Bertz CT molecular complexity index is 357. The van der Waals surface area contributed by atoms with Gasteiger partial charge in [-0.2, -0.15) is 5.10 Å². The predicted octanol–water partition coefficient (Wildman–Crippen LogP) is 0.681. The predicted molar refractivity (Wildman–Crippen MR) is 56.3 cm³/mol. The smallest absolute Gasteiger partial charge is 0.271 e. The molecule has 0 unspecified atom stereocenters. The topological polar surface area (TPSA) is 46.9 Å². The van der Waals surface area contributed by atoms with Crippen LogP contribution in [-0.2, 0) is 13.1 Å². The van der Waals surface area contributed by atoms with Gasteiger partial charge in [-0.05, 0) is 26.5 Å². The highest BCUT2D eigenvalue weighted by atomic mass is 16.1. The molecular formula is C10H17N3O. The summed E-state index contributed by atoms with van der Waals surface area (Å²) in [7, 11) is 0. The minimum atomic E-state index is 0.0130. The monoisotopic (exact) mass is 195 g/mol. The largest absolute Gasteiger partial charge is 0.313 e. The van der Waals surface area contributed by atoms with Crippen LogP contribution in [0.5, 0.6) is 0 Å². The molecule has 0 fully saturated rings. The first-order chi connectivity index (χ1) is 6.69.